The van der Waals surface area contributed by atoms with Crippen molar-refractivity contribution in [3.8, 4) is 0 Å². The molecule has 0 saturated heterocycles. The van der Waals surface area contributed by atoms with Gasteiger partial charge in [-0.3, -0.25) is 9.59 Å². The van der Waals surface area contributed by atoms with Gasteiger partial charge >= 0.3 is 0 Å². The lowest BCUT2D eigenvalue weighted by atomic mass is 10.0. The van der Waals surface area contributed by atoms with Gasteiger partial charge < -0.3 is 14.9 Å². The number of halogens is 1. The third kappa shape index (κ3) is 3.53. The van der Waals surface area contributed by atoms with Crippen molar-refractivity contribution < 1.29 is 14.0 Å². The van der Waals surface area contributed by atoms with Crippen LogP contribution in [0.4, 0.5) is 4.39 Å². The van der Waals surface area contributed by atoms with Crippen LogP contribution in [0.5, 0.6) is 0 Å². The zero-order chi connectivity index (χ0) is 19.7. The molecule has 1 amide bonds. The fraction of sp³-hybridized carbons (Fsp3) is 0.250. The number of Topliss-reactive ketones (excluding diaryl/α,β-unsaturated/α-hetero) is 1. The third-order valence-electron chi connectivity index (χ3n) is 4.59. The van der Waals surface area contributed by atoms with Crippen LogP contribution in [0.2, 0.25) is 0 Å². The lowest BCUT2D eigenvalue weighted by molar-refractivity contribution is 0.0935. The number of aromatic amines is 1. The van der Waals surface area contributed by atoms with E-state index < -0.39 is 11.9 Å². The van der Waals surface area contributed by atoms with E-state index in [1.807, 2.05) is 0 Å². The number of nitrogens with zero attached hydrogens (tertiary/aromatic N) is 2. The van der Waals surface area contributed by atoms with E-state index in [-0.39, 0.29) is 11.7 Å². The zero-order valence-electron chi connectivity index (χ0n) is 15.6. The molecule has 2 heterocycles. The van der Waals surface area contributed by atoms with E-state index in [1.54, 1.807) is 50.0 Å². The highest BCUT2D eigenvalue weighted by molar-refractivity contribution is 6.02. The molecule has 0 unspecified atom stereocenters. The summed E-state index contributed by atoms with van der Waals surface area (Å²) in [6.45, 7) is 4.95. The molecule has 0 spiro atoms. The Morgan fingerprint density at radius 2 is 2.04 bits per heavy atom. The normalized spacial score (nSPS) is 12.0. The van der Waals surface area contributed by atoms with Crippen molar-refractivity contribution in [1.82, 2.24) is 19.9 Å². The zero-order valence-corrected chi connectivity index (χ0v) is 15.6. The van der Waals surface area contributed by atoms with E-state index in [0.29, 0.717) is 33.9 Å². The van der Waals surface area contributed by atoms with Gasteiger partial charge in [-0.25, -0.2) is 9.37 Å². The number of hydrogen-bond donors (Lipinski definition) is 2. The van der Waals surface area contributed by atoms with Crippen LogP contribution in [0, 0.1) is 19.7 Å². The second kappa shape index (κ2) is 7.19. The van der Waals surface area contributed by atoms with E-state index >= 15 is 0 Å². The number of H-pyrrole nitrogens is 1. The number of ketones is 1. The van der Waals surface area contributed by atoms with Gasteiger partial charge in [0, 0.05) is 30.7 Å². The van der Waals surface area contributed by atoms with E-state index in [9.17, 15) is 14.0 Å². The predicted octanol–water partition coefficient (Wildman–Crippen LogP) is 3.23. The molecule has 0 saturated carbocycles. The predicted molar refractivity (Wildman–Crippen MR) is 99.2 cm³/mol. The van der Waals surface area contributed by atoms with Gasteiger partial charge in [-0.05, 0) is 44.0 Å². The summed E-state index contributed by atoms with van der Waals surface area (Å²) >= 11 is 0. The highest BCUT2D eigenvalue weighted by atomic mass is 19.1. The molecule has 3 aromatic rings. The molecule has 6 nitrogen and oxygen atoms in total. The van der Waals surface area contributed by atoms with E-state index in [0.717, 1.165) is 0 Å². The minimum Gasteiger partial charge on any atom is -0.354 e. The minimum absolute atomic E-state index is 0.105. The van der Waals surface area contributed by atoms with Crippen LogP contribution in [0.25, 0.3) is 0 Å². The third-order valence-corrected chi connectivity index (χ3v) is 4.59. The summed E-state index contributed by atoms with van der Waals surface area (Å²) in [5, 5.41) is 2.91. The van der Waals surface area contributed by atoms with Crippen molar-refractivity contribution in [3.05, 3.63) is 76.4 Å². The van der Waals surface area contributed by atoms with Crippen LogP contribution in [0.1, 0.15) is 56.5 Å². The molecule has 2 N–H and O–H groups in total. The average molecular weight is 368 g/mol. The first-order chi connectivity index (χ1) is 12.8. The second-order valence-electron chi connectivity index (χ2n) is 6.54. The Labute approximate surface area is 156 Å². The van der Waals surface area contributed by atoms with Crippen molar-refractivity contribution in [2.24, 2.45) is 7.05 Å². The molecule has 1 atom stereocenters. The second-order valence-corrected chi connectivity index (χ2v) is 6.54. The highest BCUT2D eigenvalue weighted by Crippen LogP contribution is 2.24. The molecule has 2 aromatic heterocycles. The maximum Gasteiger partial charge on any atom is 0.268 e. The van der Waals surface area contributed by atoms with Gasteiger partial charge in [-0.1, -0.05) is 12.1 Å². The summed E-state index contributed by atoms with van der Waals surface area (Å²) in [4.78, 5) is 32.1. The number of aryl methyl sites for hydroxylation is 2. The van der Waals surface area contributed by atoms with Crippen molar-refractivity contribution in [1.29, 1.82) is 0 Å². The molecule has 3 rings (SSSR count). The first-order valence-corrected chi connectivity index (χ1v) is 8.53. The van der Waals surface area contributed by atoms with Crippen LogP contribution in [-0.2, 0) is 7.05 Å². The van der Waals surface area contributed by atoms with E-state index in [1.165, 1.54) is 19.1 Å². The summed E-state index contributed by atoms with van der Waals surface area (Å²) < 4.78 is 15.5. The molecule has 1 aromatic carbocycles. The quantitative estimate of drug-likeness (QED) is 0.679. The molecule has 0 fully saturated rings. The number of imidazole rings is 1. The Bertz CT molecular complexity index is 1020. The number of hydrogen-bond acceptors (Lipinski definition) is 3. The number of amides is 1. The van der Waals surface area contributed by atoms with Gasteiger partial charge in [0.05, 0.1) is 0 Å². The minimum atomic E-state index is -0.642. The monoisotopic (exact) mass is 368 g/mol. The van der Waals surface area contributed by atoms with E-state index in [2.05, 4.69) is 15.3 Å². The maximum absolute atomic E-state index is 13.8. The molecular formula is C20H21FN4O2. The number of carbonyl (C=O) groups is 2. The summed E-state index contributed by atoms with van der Waals surface area (Å²) in [7, 11) is 1.80. The molecule has 0 aliphatic rings. The van der Waals surface area contributed by atoms with Gasteiger partial charge in [0.15, 0.2) is 5.78 Å². The fourth-order valence-electron chi connectivity index (χ4n) is 3.35. The summed E-state index contributed by atoms with van der Waals surface area (Å²) in [6.07, 6.45) is 3.37. The van der Waals surface area contributed by atoms with Gasteiger partial charge in [-0.2, -0.15) is 0 Å². The molecule has 140 valence electrons. The first-order valence-electron chi connectivity index (χ1n) is 8.53. The topological polar surface area (TPSA) is 79.8 Å². The average Bonchev–Trinajstić information content (AvgIpc) is 3.15. The summed E-state index contributed by atoms with van der Waals surface area (Å²) in [6, 6.07) is 5.39. The molecule has 0 radical (unpaired) electrons. The molecule has 0 aliphatic carbocycles. The number of rotatable bonds is 5. The number of aromatic nitrogens is 3. The van der Waals surface area contributed by atoms with Gasteiger partial charge in [0.25, 0.3) is 5.91 Å². The van der Waals surface area contributed by atoms with Crippen LogP contribution < -0.4 is 5.32 Å². The Balaban J connectivity index is 2.00. The Morgan fingerprint density at radius 1 is 1.30 bits per heavy atom. The van der Waals surface area contributed by atoms with Crippen LogP contribution in [0.15, 0.2) is 36.7 Å². The summed E-state index contributed by atoms with van der Waals surface area (Å²) in [5.41, 5.74) is 2.64. The molecule has 7 heteroatoms. The van der Waals surface area contributed by atoms with Crippen molar-refractivity contribution in [3.63, 3.8) is 0 Å². The SMILES string of the molecule is CC(=O)c1c(C)[nH]c(C(=O)N[C@@H](c2cccc(F)c2)c2nccn2C)c1C. The fourth-order valence-corrected chi connectivity index (χ4v) is 3.35. The Morgan fingerprint density at radius 3 is 2.59 bits per heavy atom. The van der Waals surface area contributed by atoms with Crippen LogP contribution >= 0.6 is 0 Å². The van der Waals surface area contributed by atoms with Gasteiger partial charge in [0.2, 0.25) is 0 Å². The Kier molecular flexibility index (Phi) is 4.94. The number of nitrogens with one attached hydrogen (secondary N) is 2. The van der Waals surface area contributed by atoms with Crippen molar-refractivity contribution in [2.45, 2.75) is 26.8 Å². The molecule has 0 bridgehead atoms. The highest BCUT2D eigenvalue weighted by Gasteiger charge is 2.25. The molecular weight excluding hydrogens is 347 g/mol. The van der Waals surface area contributed by atoms with Crippen LogP contribution in [-0.4, -0.2) is 26.2 Å². The smallest absolute Gasteiger partial charge is 0.268 e. The van der Waals surface area contributed by atoms with Crippen molar-refractivity contribution >= 4 is 11.7 Å². The standard InChI is InChI=1S/C20H21FN4O2/c1-11-16(13(3)26)12(2)23-17(11)20(27)24-18(19-22-8-9-25(19)4)14-6-5-7-15(21)10-14/h5-10,18,23H,1-4H3,(H,24,27)/t18-/m0/s1. The number of benzene rings is 1. The molecule has 27 heavy (non-hydrogen) atoms. The number of carbonyl (C=O) groups excluding carboxylic acids is 2. The van der Waals surface area contributed by atoms with Gasteiger partial charge in [-0.15, -0.1) is 0 Å². The largest absolute Gasteiger partial charge is 0.354 e. The lowest BCUT2D eigenvalue weighted by Gasteiger charge is -2.19. The summed E-state index contributed by atoms with van der Waals surface area (Å²) in [5.74, 6) is -0.320. The Hall–Kier alpha value is -3.22. The van der Waals surface area contributed by atoms with Crippen molar-refractivity contribution in [2.75, 3.05) is 0 Å². The lowest BCUT2D eigenvalue weighted by Crippen LogP contribution is -2.31. The first kappa shape index (κ1) is 18.6. The van der Waals surface area contributed by atoms with E-state index in [4.69, 9.17) is 0 Å². The molecule has 0 aliphatic heterocycles. The van der Waals surface area contributed by atoms with Crippen LogP contribution in [0.3, 0.4) is 0 Å². The van der Waals surface area contributed by atoms with Gasteiger partial charge in [0.1, 0.15) is 23.4 Å². The maximum atomic E-state index is 13.8.